The van der Waals surface area contributed by atoms with Crippen LogP contribution >= 0.6 is 0 Å². The number of aliphatic hydroxyl groups is 1. The number of aliphatic hydroxyl groups excluding tert-OH is 1. The van der Waals surface area contributed by atoms with Gasteiger partial charge in [-0.1, -0.05) is 18.2 Å². The fourth-order valence-electron chi connectivity index (χ4n) is 4.42. The first kappa shape index (κ1) is 27.7. The predicted molar refractivity (Wildman–Crippen MR) is 145 cm³/mol. The van der Waals surface area contributed by atoms with Crippen molar-refractivity contribution in [2.45, 2.75) is 36.9 Å². The number of aromatic carboxylic acids is 1. The third-order valence-electron chi connectivity index (χ3n) is 6.40. The average Bonchev–Trinajstić information content (AvgIpc) is 3.25. The van der Waals surface area contributed by atoms with Crippen LogP contribution in [-0.2, 0) is 23.0 Å². The highest BCUT2D eigenvalue weighted by atomic mass is 32.2. The number of fused-ring (bicyclic) bond motifs is 1. The molecule has 4 aromatic rings. The van der Waals surface area contributed by atoms with Gasteiger partial charge >= 0.3 is 5.97 Å². The zero-order chi connectivity index (χ0) is 28.3. The number of hydrogen-bond acceptors (Lipinski definition) is 8. The number of nitrogens with two attached hydrogens (primary N) is 2. The highest BCUT2D eigenvalue weighted by Gasteiger charge is 2.18. The SMILES string of the molecule is CC(Cc1ccc2c(c1)cc(C(=O)O)n2Cc1cccc(S(N)(=O)=O)c1)NCC(O)c1cnc(N)c(C#N)c1. The number of anilines is 1. The Labute approximate surface area is 225 Å². The Morgan fingerprint density at radius 2 is 1.95 bits per heavy atom. The number of benzene rings is 2. The van der Waals surface area contributed by atoms with Crippen LogP contribution in [0, 0.1) is 11.3 Å². The molecule has 2 heterocycles. The van der Waals surface area contributed by atoms with E-state index in [4.69, 9.17) is 16.1 Å². The highest BCUT2D eigenvalue weighted by molar-refractivity contribution is 7.89. The Bertz CT molecular complexity index is 1690. The van der Waals surface area contributed by atoms with Crippen molar-refractivity contribution in [3.8, 4) is 6.07 Å². The molecule has 0 saturated carbocycles. The molecule has 0 fully saturated rings. The Morgan fingerprint density at radius 3 is 2.64 bits per heavy atom. The van der Waals surface area contributed by atoms with Gasteiger partial charge in [-0.05, 0) is 60.9 Å². The molecule has 0 radical (unpaired) electrons. The van der Waals surface area contributed by atoms with E-state index in [0.717, 1.165) is 10.9 Å². The number of pyridine rings is 1. The minimum Gasteiger partial charge on any atom is -0.477 e. The number of hydrogen-bond donors (Lipinski definition) is 5. The van der Waals surface area contributed by atoms with Gasteiger partial charge in [0.15, 0.2) is 0 Å². The summed E-state index contributed by atoms with van der Waals surface area (Å²) in [5.74, 6) is -0.988. The summed E-state index contributed by atoms with van der Waals surface area (Å²) in [6.45, 7) is 2.35. The van der Waals surface area contributed by atoms with E-state index in [1.54, 1.807) is 22.8 Å². The van der Waals surface area contributed by atoms with Gasteiger partial charge < -0.3 is 25.8 Å². The maximum Gasteiger partial charge on any atom is 0.352 e. The Hall–Kier alpha value is -4.28. The van der Waals surface area contributed by atoms with E-state index in [9.17, 15) is 23.4 Å². The maximum absolute atomic E-state index is 12.0. The normalized spacial score (nSPS) is 13.2. The van der Waals surface area contributed by atoms with Crippen LogP contribution < -0.4 is 16.2 Å². The number of primary sulfonamides is 1. The second kappa shape index (κ2) is 11.2. The number of nitrogens with zero attached hydrogens (tertiary/aromatic N) is 3. The summed E-state index contributed by atoms with van der Waals surface area (Å²) in [5.41, 5.74) is 8.66. The van der Waals surface area contributed by atoms with E-state index in [1.807, 2.05) is 31.2 Å². The molecule has 12 heteroatoms. The smallest absolute Gasteiger partial charge is 0.352 e. The van der Waals surface area contributed by atoms with Crippen molar-refractivity contribution in [1.82, 2.24) is 14.9 Å². The van der Waals surface area contributed by atoms with Gasteiger partial charge in [0.05, 0.1) is 16.6 Å². The van der Waals surface area contributed by atoms with Crippen LogP contribution in [0.1, 0.15) is 45.8 Å². The van der Waals surface area contributed by atoms with Crippen molar-refractivity contribution in [2.24, 2.45) is 5.14 Å². The van der Waals surface area contributed by atoms with E-state index >= 15 is 0 Å². The maximum atomic E-state index is 12.0. The van der Waals surface area contributed by atoms with Gasteiger partial charge in [0.1, 0.15) is 17.6 Å². The van der Waals surface area contributed by atoms with Gasteiger partial charge in [-0.2, -0.15) is 5.26 Å². The summed E-state index contributed by atoms with van der Waals surface area (Å²) < 4.78 is 25.1. The van der Waals surface area contributed by atoms with Crippen molar-refractivity contribution in [3.05, 3.63) is 88.7 Å². The Balaban J connectivity index is 1.49. The molecule has 2 atom stereocenters. The van der Waals surface area contributed by atoms with Crippen LogP contribution in [0.5, 0.6) is 0 Å². The van der Waals surface area contributed by atoms with Crippen molar-refractivity contribution in [2.75, 3.05) is 12.3 Å². The second-order valence-electron chi connectivity index (χ2n) is 9.35. The first-order valence-electron chi connectivity index (χ1n) is 12.0. The number of aromatic nitrogens is 2. The molecule has 0 amide bonds. The van der Waals surface area contributed by atoms with Crippen molar-refractivity contribution in [3.63, 3.8) is 0 Å². The lowest BCUT2D eigenvalue weighted by atomic mass is 10.0. The van der Waals surface area contributed by atoms with Gasteiger partial charge in [0, 0.05) is 41.8 Å². The topological polar surface area (TPSA) is 197 Å². The fourth-order valence-corrected chi connectivity index (χ4v) is 5.00. The highest BCUT2D eigenvalue weighted by Crippen LogP contribution is 2.24. The van der Waals surface area contributed by atoms with Crippen LogP contribution in [0.15, 0.2) is 65.7 Å². The van der Waals surface area contributed by atoms with Crippen molar-refractivity contribution >= 4 is 32.7 Å². The molecular weight excluding hydrogens is 520 g/mol. The van der Waals surface area contributed by atoms with Crippen LogP contribution in [-0.4, -0.2) is 46.7 Å². The number of carboxylic acids is 1. The summed E-state index contributed by atoms with van der Waals surface area (Å²) in [5, 5.41) is 38.7. The molecule has 11 nitrogen and oxygen atoms in total. The molecule has 0 aliphatic rings. The van der Waals surface area contributed by atoms with E-state index in [1.165, 1.54) is 24.4 Å². The number of nitriles is 1. The molecule has 2 unspecified atom stereocenters. The van der Waals surface area contributed by atoms with E-state index in [-0.39, 0.29) is 41.1 Å². The van der Waals surface area contributed by atoms with Gasteiger partial charge in [0.25, 0.3) is 0 Å². The summed E-state index contributed by atoms with van der Waals surface area (Å²) in [6, 6.07) is 16.8. The molecule has 0 aliphatic carbocycles. The number of nitrogen functional groups attached to an aromatic ring is 1. The lowest BCUT2D eigenvalue weighted by molar-refractivity contribution is 0.0686. The lowest BCUT2D eigenvalue weighted by Crippen LogP contribution is -2.32. The molecule has 0 aliphatic heterocycles. The van der Waals surface area contributed by atoms with Crippen LogP contribution in [0.3, 0.4) is 0 Å². The third-order valence-corrected chi connectivity index (χ3v) is 7.31. The summed E-state index contributed by atoms with van der Waals surface area (Å²) in [6.07, 6.45) is 1.17. The quantitative estimate of drug-likeness (QED) is 0.197. The lowest BCUT2D eigenvalue weighted by Gasteiger charge is -2.18. The van der Waals surface area contributed by atoms with E-state index in [2.05, 4.69) is 10.3 Å². The molecule has 4 rings (SSSR count). The number of rotatable bonds is 10. The molecule has 2 aromatic carbocycles. The third kappa shape index (κ3) is 6.42. The molecule has 2 aromatic heterocycles. The fraction of sp³-hybridized carbons (Fsp3) is 0.222. The molecule has 0 bridgehead atoms. The van der Waals surface area contributed by atoms with E-state index in [0.29, 0.717) is 23.1 Å². The Kier molecular flexibility index (Phi) is 7.98. The van der Waals surface area contributed by atoms with Crippen LogP contribution in [0.2, 0.25) is 0 Å². The van der Waals surface area contributed by atoms with Crippen molar-refractivity contribution < 1.29 is 23.4 Å². The average molecular weight is 549 g/mol. The number of sulfonamides is 1. The number of carboxylic acid groups (broad SMARTS) is 1. The monoisotopic (exact) mass is 548 g/mol. The zero-order valence-electron chi connectivity index (χ0n) is 21.1. The van der Waals surface area contributed by atoms with Gasteiger partial charge in [0.2, 0.25) is 10.0 Å². The summed E-state index contributed by atoms with van der Waals surface area (Å²) in [4.78, 5) is 15.9. The van der Waals surface area contributed by atoms with Crippen molar-refractivity contribution in [1.29, 1.82) is 5.26 Å². The predicted octanol–water partition coefficient (Wildman–Crippen LogP) is 2.14. The molecule has 7 N–H and O–H groups in total. The van der Waals surface area contributed by atoms with Gasteiger partial charge in [-0.3, -0.25) is 0 Å². The second-order valence-corrected chi connectivity index (χ2v) is 10.9. The first-order chi connectivity index (χ1) is 18.5. The number of nitrogens with one attached hydrogen (secondary N) is 1. The molecular formula is C27H28N6O5S. The standard InChI is InChI=1S/C27H28N6O5S/c1-16(31-14-25(34)21-10-20(12-28)26(29)32-13-21)7-17-5-6-23-19(8-17)11-24(27(35)36)33(23)15-18-3-2-4-22(9-18)39(30,37)38/h2-6,8-11,13,16,25,31,34H,7,14-15H2,1H3,(H2,29,32)(H,35,36)(H2,30,37,38). The molecule has 0 spiro atoms. The van der Waals surface area contributed by atoms with Crippen LogP contribution in [0.25, 0.3) is 10.9 Å². The first-order valence-corrected chi connectivity index (χ1v) is 13.5. The summed E-state index contributed by atoms with van der Waals surface area (Å²) in [7, 11) is -3.89. The number of carbonyl (C=O) groups is 1. The van der Waals surface area contributed by atoms with Crippen LogP contribution in [0.4, 0.5) is 5.82 Å². The minimum atomic E-state index is -3.89. The van der Waals surface area contributed by atoms with E-state index < -0.39 is 22.1 Å². The van der Waals surface area contributed by atoms with Gasteiger partial charge in [-0.25, -0.2) is 23.3 Å². The van der Waals surface area contributed by atoms with Gasteiger partial charge in [-0.15, -0.1) is 0 Å². The zero-order valence-corrected chi connectivity index (χ0v) is 21.9. The summed E-state index contributed by atoms with van der Waals surface area (Å²) >= 11 is 0. The largest absolute Gasteiger partial charge is 0.477 e. The Morgan fingerprint density at radius 1 is 1.18 bits per heavy atom. The molecule has 202 valence electrons. The molecule has 0 saturated heterocycles. The minimum absolute atomic E-state index is 0.0312. The molecule has 39 heavy (non-hydrogen) atoms.